The zero-order valence-corrected chi connectivity index (χ0v) is 14.5. The Hall–Kier alpha value is -0.0751. The maximum Gasteiger partial charge on any atom is 0.278 e. The number of hydrogen-bond acceptors (Lipinski definition) is 11. The molecule has 0 aromatic carbocycles. The fourth-order valence-electron chi connectivity index (χ4n) is 1.78. The van der Waals surface area contributed by atoms with Gasteiger partial charge >= 0.3 is 0 Å². The lowest BCUT2D eigenvalue weighted by Gasteiger charge is -2.37. The van der Waals surface area contributed by atoms with Crippen LogP contribution >= 0.6 is 23.5 Å². The third kappa shape index (κ3) is 5.73. The van der Waals surface area contributed by atoms with Gasteiger partial charge < -0.3 is 33.4 Å². The fourth-order valence-corrected chi connectivity index (χ4v) is 4.65. The molecule has 6 atom stereocenters. The van der Waals surface area contributed by atoms with Crippen LogP contribution in [0.25, 0.3) is 0 Å². The number of phosphoric acid groups is 3. The molecule has 2 unspecified atom stereocenters. The van der Waals surface area contributed by atoms with Crippen molar-refractivity contribution in [1.29, 1.82) is 0 Å². The minimum atomic E-state index is -6.08. The summed E-state index contributed by atoms with van der Waals surface area (Å²) in [6.45, 7) is 0.291. The van der Waals surface area contributed by atoms with Crippen LogP contribution < -0.4 is 19.6 Å². The fraction of sp³-hybridized carbons (Fsp3) is 0.750. The molecule has 0 aliphatic carbocycles. The molecule has 0 aromatic heterocycles. The van der Waals surface area contributed by atoms with Crippen molar-refractivity contribution >= 4 is 31.3 Å². The van der Waals surface area contributed by atoms with Crippen LogP contribution in [0.5, 0.6) is 0 Å². The van der Waals surface area contributed by atoms with Crippen molar-refractivity contribution in [3.63, 3.8) is 0 Å². The summed E-state index contributed by atoms with van der Waals surface area (Å²) in [7, 11) is -12.5. The van der Waals surface area contributed by atoms with Crippen molar-refractivity contribution in [2.45, 2.75) is 24.7 Å². The van der Waals surface area contributed by atoms with Crippen LogP contribution in [0, 0.1) is 18.3 Å². The number of terminal acetylenes is 1. The predicted molar refractivity (Wildman–Crippen MR) is 67.2 cm³/mol. The Labute approximate surface area is 137 Å². The number of halogens is 1. The lowest BCUT2D eigenvalue weighted by atomic mass is 9.78. The first-order valence-electron chi connectivity index (χ1n) is 5.91. The van der Waals surface area contributed by atoms with Crippen LogP contribution in [0.4, 0.5) is 4.39 Å². The zero-order valence-electron chi connectivity index (χ0n) is 11.8. The normalized spacial score (nSPS) is 35.8. The minimum Gasteiger partial charge on any atom is -0.790 e. The summed E-state index contributed by atoms with van der Waals surface area (Å²) < 4.78 is 62.0. The van der Waals surface area contributed by atoms with Crippen molar-refractivity contribution in [1.82, 2.24) is 0 Å². The Morgan fingerprint density at radius 2 is 1.79 bits per heavy atom. The summed E-state index contributed by atoms with van der Waals surface area (Å²) in [4.78, 5) is 42.6. The van der Waals surface area contributed by atoms with Gasteiger partial charge in [-0.05, 0) is 0 Å². The molecule has 11 nitrogen and oxygen atoms in total. The molecule has 1 rings (SSSR count). The summed E-state index contributed by atoms with van der Waals surface area (Å²) in [5, 5.41) is 0. The molecule has 1 aliphatic heterocycles. The Morgan fingerprint density at radius 3 is 2.21 bits per heavy atom. The van der Waals surface area contributed by atoms with Gasteiger partial charge in [0.05, 0.1) is 26.5 Å². The van der Waals surface area contributed by atoms with Gasteiger partial charge in [-0.1, -0.05) is 12.8 Å². The van der Waals surface area contributed by atoms with Gasteiger partial charge in [-0.2, -0.15) is 0 Å². The SMILES string of the molecule is [B][C@@H]1O[C@H](COP(=O)([O-])OP(=O)([O-])OP(=O)([O-])[O-])[C@@H](C)[C@]1(F)C#C. The lowest BCUT2D eigenvalue weighted by Crippen LogP contribution is -2.38. The molecule has 0 spiro atoms. The molecule has 1 heterocycles. The van der Waals surface area contributed by atoms with Crippen LogP contribution in [0.2, 0.25) is 0 Å². The van der Waals surface area contributed by atoms with Crippen molar-refractivity contribution < 1.29 is 55.5 Å². The van der Waals surface area contributed by atoms with E-state index in [1.807, 2.05) is 0 Å². The van der Waals surface area contributed by atoms with Crippen LogP contribution in [0.3, 0.4) is 0 Å². The van der Waals surface area contributed by atoms with Gasteiger partial charge in [0.1, 0.15) is 7.85 Å². The van der Waals surface area contributed by atoms with E-state index in [2.05, 4.69) is 13.1 Å². The van der Waals surface area contributed by atoms with Gasteiger partial charge in [0.2, 0.25) is 0 Å². The van der Waals surface area contributed by atoms with Crippen molar-refractivity contribution in [2.24, 2.45) is 5.92 Å². The van der Waals surface area contributed by atoms with E-state index in [1.165, 1.54) is 6.92 Å². The minimum absolute atomic E-state index is 0.949. The number of rotatable bonds is 7. The summed E-state index contributed by atoms with van der Waals surface area (Å²) >= 11 is 0. The quantitative estimate of drug-likeness (QED) is 0.252. The summed E-state index contributed by atoms with van der Waals surface area (Å²) in [5.74, 6) is 0.637. The third-order valence-corrected chi connectivity index (χ3v) is 6.64. The second kappa shape index (κ2) is 7.27. The Balaban J connectivity index is 2.70. The molecule has 1 fully saturated rings. The van der Waals surface area contributed by atoms with Gasteiger partial charge in [0.15, 0.2) is 5.67 Å². The molecule has 0 saturated carbocycles. The molecule has 136 valence electrons. The summed E-state index contributed by atoms with van der Waals surface area (Å²) in [6.07, 6.45) is 3.70. The van der Waals surface area contributed by atoms with E-state index in [0.29, 0.717) is 0 Å². The highest BCUT2D eigenvalue weighted by Gasteiger charge is 2.52. The van der Waals surface area contributed by atoms with E-state index in [-0.39, 0.29) is 0 Å². The van der Waals surface area contributed by atoms with E-state index in [4.69, 9.17) is 19.0 Å². The molecular weight excluding hydrogens is 395 g/mol. The number of phosphoric ester groups is 1. The molecule has 2 radical (unpaired) electrons. The van der Waals surface area contributed by atoms with Gasteiger partial charge in [0, 0.05) is 5.92 Å². The standard InChI is InChI=1S/C8H13BFO11P3/c1-3-8(10)5(2)6(19-7(8)9)4-18-23(14,15)21-24(16,17)20-22(11,12)13/h1,5-7H,4H2,2H3,(H,14,15)(H,16,17)(H2,11,12,13)/p-4/t5-,6-,7-,8-/m1/s1. The molecular formula is C8H9BFO11P3-4. The number of alkyl halides is 1. The number of ether oxygens (including phenoxy) is 1. The average molecular weight is 404 g/mol. The molecule has 24 heavy (non-hydrogen) atoms. The monoisotopic (exact) mass is 404 g/mol. The highest BCUT2D eigenvalue weighted by atomic mass is 31.3. The topological polar surface area (TPSA) is 180 Å². The first-order chi connectivity index (χ1) is 10.6. The molecule has 0 bridgehead atoms. The van der Waals surface area contributed by atoms with Crippen LogP contribution in [-0.4, -0.2) is 32.2 Å². The molecule has 0 amide bonds. The van der Waals surface area contributed by atoms with Crippen molar-refractivity contribution in [2.75, 3.05) is 6.61 Å². The second-order valence-electron chi connectivity index (χ2n) is 4.60. The van der Waals surface area contributed by atoms with Crippen molar-refractivity contribution in [3.05, 3.63) is 0 Å². The molecule has 1 aliphatic rings. The highest BCUT2D eigenvalue weighted by Crippen LogP contribution is 2.60. The maximum absolute atomic E-state index is 14.2. The van der Waals surface area contributed by atoms with E-state index in [1.54, 1.807) is 5.92 Å². The van der Waals surface area contributed by atoms with Gasteiger partial charge in [-0.25, -0.2) is 8.70 Å². The molecule has 16 heteroatoms. The first kappa shape index (κ1) is 22.0. The predicted octanol–water partition coefficient (Wildman–Crippen LogP) is -2.33. The molecule has 1 saturated heterocycles. The smallest absolute Gasteiger partial charge is 0.278 e. The van der Waals surface area contributed by atoms with Gasteiger partial charge in [-0.15, -0.1) is 6.42 Å². The van der Waals surface area contributed by atoms with Gasteiger partial charge in [-0.3, -0.25) is 13.4 Å². The molecule has 0 N–H and O–H groups in total. The Bertz CT molecular complexity index is 660. The highest BCUT2D eigenvalue weighted by molar-refractivity contribution is 7.64. The summed E-state index contributed by atoms with van der Waals surface area (Å²) in [6, 6.07) is -1.58. The maximum atomic E-state index is 14.2. The Morgan fingerprint density at radius 1 is 1.25 bits per heavy atom. The largest absolute Gasteiger partial charge is 0.790 e. The van der Waals surface area contributed by atoms with E-state index in [9.17, 15) is 37.7 Å². The van der Waals surface area contributed by atoms with Crippen molar-refractivity contribution in [3.8, 4) is 12.3 Å². The lowest BCUT2D eigenvalue weighted by molar-refractivity contribution is -0.339. The molecule has 0 aromatic rings. The second-order valence-corrected chi connectivity index (χ2v) is 8.84. The van der Waals surface area contributed by atoms with Crippen LogP contribution in [0.15, 0.2) is 0 Å². The average Bonchev–Trinajstić information content (AvgIpc) is 2.57. The van der Waals surface area contributed by atoms with Gasteiger partial charge in [0.25, 0.3) is 15.6 Å². The van der Waals surface area contributed by atoms with E-state index >= 15 is 0 Å². The summed E-state index contributed by atoms with van der Waals surface area (Å²) in [5.41, 5.74) is -2.42. The van der Waals surface area contributed by atoms with Crippen LogP contribution in [0.1, 0.15) is 6.92 Å². The first-order valence-corrected chi connectivity index (χ1v) is 10.3. The van der Waals surface area contributed by atoms with E-state index in [0.717, 1.165) is 0 Å². The Kier molecular flexibility index (Phi) is 6.66. The van der Waals surface area contributed by atoms with E-state index < -0.39 is 53.8 Å². The third-order valence-electron chi connectivity index (χ3n) is 2.97. The zero-order chi connectivity index (χ0) is 19.0. The number of hydrogen-bond donors (Lipinski definition) is 0. The van der Waals surface area contributed by atoms with Crippen LogP contribution in [-0.2, 0) is 31.6 Å².